The van der Waals surface area contributed by atoms with Gasteiger partial charge in [-0.05, 0) is 66.9 Å². The van der Waals surface area contributed by atoms with Crippen molar-refractivity contribution in [1.82, 2.24) is 30.4 Å². The largest absolute Gasteiger partial charge is 0.497 e. The molecule has 0 aliphatic heterocycles. The first kappa shape index (κ1) is 27.7. The van der Waals surface area contributed by atoms with Gasteiger partial charge in [-0.1, -0.05) is 25.0 Å². The number of methoxy groups -OCH3 is 1. The maximum atomic E-state index is 13.7. The Balaban J connectivity index is 1.61. The Morgan fingerprint density at radius 2 is 1.79 bits per heavy atom. The third-order valence-corrected chi connectivity index (χ3v) is 6.45. The van der Waals surface area contributed by atoms with E-state index in [1.165, 1.54) is 24.3 Å². The topological polar surface area (TPSA) is 129 Å². The van der Waals surface area contributed by atoms with Gasteiger partial charge in [0.25, 0.3) is 0 Å². The normalized spacial score (nSPS) is 14.0. The molecule has 3 aromatic rings. The minimum Gasteiger partial charge on any atom is -0.497 e. The van der Waals surface area contributed by atoms with Crippen molar-refractivity contribution in [3.63, 3.8) is 0 Å². The second kappa shape index (κ2) is 12.9. The number of nitrogens with zero attached hydrogens (tertiary/aromatic N) is 5. The molecule has 1 atom stereocenters. The molecule has 12 heteroatoms. The first-order valence-electron chi connectivity index (χ1n) is 12.8. The summed E-state index contributed by atoms with van der Waals surface area (Å²) in [6.07, 6.45) is 3.63. The van der Waals surface area contributed by atoms with Gasteiger partial charge in [-0.2, -0.15) is 4.80 Å². The van der Waals surface area contributed by atoms with Crippen LogP contribution >= 0.6 is 0 Å². The molecular weight excluding hydrogens is 507 g/mol. The molecule has 4 rings (SSSR count). The Morgan fingerprint density at radius 3 is 2.44 bits per heavy atom. The molecule has 2 amide bonds. The van der Waals surface area contributed by atoms with E-state index in [2.05, 4.69) is 20.7 Å². The summed E-state index contributed by atoms with van der Waals surface area (Å²) in [5.41, 5.74) is 1.02. The molecule has 1 N–H and O–H groups in total. The number of carbonyl (C=O) groups excluding carboxylic acids is 3. The highest BCUT2D eigenvalue weighted by Gasteiger charge is 2.35. The molecule has 0 spiro atoms. The number of hydrogen-bond donors (Lipinski definition) is 1. The minimum atomic E-state index is -1.20. The molecule has 1 aliphatic rings. The fourth-order valence-corrected chi connectivity index (χ4v) is 4.52. The van der Waals surface area contributed by atoms with Crippen LogP contribution in [0, 0.1) is 5.82 Å². The first-order valence-corrected chi connectivity index (χ1v) is 12.8. The lowest BCUT2D eigenvalue weighted by molar-refractivity contribution is -0.153. The van der Waals surface area contributed by atoms with Crippen molar-refractivity contribution in [2.24, 2.45) is 0 Å². The van der Waals surface area contributed by atoms with Crippen LogP contribution in [0.5, 0.6) is 5.75 Å². The Labute approximate surface area is 225 Å². The third-order valence-electron chi connectivity index (χ3n) is 6.45. The highest BCUT2D eigenvalue weighted by molar-refractivity contribution is 5.91. The molecule has 0 radical (unpaired) electrons. The van der Waals surface area contributed by atoms with Gasteiger partial charge in [0.1, 0.15) is 30.7 Å². The van der Waals surface area contributed by atoms with Gasteiger partial charge in [0, 0.05) is 11.6 Å². The predicted octanol–water partition coefficient (Wildman–Crippen LogP) is 2.68. The number of benzene rings is 2. The Kier molecular flexibility index (Phi) is 9.18. The summed E-state index contributed by atoms with van der Waals surface area (Å²) < 4.78 is 24.0. The number of hydrogen-bond acceptors (Lipinski definition) is 8. The summed E-state index contributed by atoms with van der Waals surface area (Å²) in [6.45, 7) is 0.865. The van der Waals surface area contributed by atoms with Gasteiger partial charge in [0.05, 0.1) is 13.7 Å². The molecule has 1 aromatic heterocycles. The molecule has 1 heterocycles. The van der Waals surface area contributed by atoms with Crippen LogP contribution in [0.15, 0.2) is 48.5 Å². The fraction of sp³-hybridized carbons (Fsp3) is 0.407. The van der Waals surface area contributed by atoms with Gasteiger partial charge < -0.3 is 19.7 Å². The van der Waals surface area contributed by atoms with Crippen LogP contribution in [0.4, 0.5) is 4.39 Å². The van der Waals surface area contributed by atoms with Crippen LogP contribution in [0.3, 0.4) is 0 Å². The molecule has 1 aliphatic carbocycles. The van der Waals surface area contributed by atoms with Crippen LogP contribution in [-0.4, -0.2) is 69.2 Å². The van der Waals surface area contributed by atoms with Gasteiger partial charge in [-0.3, -0.25) is 14.4 Å². The molecule has 11 nitrogen and oxygen atoms in total. The fourth-order valence-electron chi connectivity index (χ4n) is 4.52. The zero-order valence-electron chi connectivity index (χ0n) is 21.9. The zero-order valence-corrected chi connectivity index (χ0v) is 21.9. The lowest BCUT2D eigenvalue weighted by Crippen LogP contribution is -2.49. The second-order valence-electron chi connectivity index (χ2n) is 9.14. The minimum absolute atomic E-state index is 0.0379. The molecule has 206 valence electrons. The van der Waals surface area contributed by atoms with E-state index in [1.54, 1.807) is 38.3 Å². The van der Waals surface area contributed by atoms with Crippen LogP contribution < -0.4 is 10.1 Å². The van der Waals surface area contributed by atoms with Crippen molar-refractivity contribution in [3.8, 4) is 17.1 Å². The van der Waals surface area contributed by atoms with Gasteiger partial charge in [-0.25, -0.2) is 4.39 Å². The molecule has 0 bridgehead atoms. The third kappa shape index (κ3) is 7.15. The SMILES string of the molecule is CCOC(=O)CN(C(=O)Cn1nnc(-c2ccc(OC)cc2)n1)[C@@H](C(=O)NC1CCCC1)c1ccc(F)cc1. The standard InChI is InChI=1S/C27H31FN6O5/c1-3-39-24(36)17-33(23(35)16-34-31-26(30-32-34)19-10-14-22(38-2)15-11-19)25(18-8-12-20(28)13-9-18)27(37)29-21-6-4-5-7-21/h8-15,21,25H,3-7,16-17H2,1-2H3,(H,29,37)/t25-/m1/s1. The number of nitrogens with one attached hydrogen (secondary N) is 1. The van der Waals surface area contributed by atoms with Gasteiger partial charge >= 0.3 is 5.97 Å². The second-order valence-corrected chi connectivity index (χ2v) is 9.14. The summed E-state index contributed by atoms with van der Waals surface area (Å²) >= 11 is 0. The number of amides is 2. The smallest absolute Gasteiger partial charge is 0.325 e. The maximum Gasteiger partial charge on any atom is 0.325 e. The molecule has 0 saturated heterocycles. The summed E-state index contributed by atoms with van der Waals surface area (Å²) in [5, 5.41) is 15.3. The molecule has 1 saturated carbocycles. The van der Waals surface area contributed by atoms with E-state index in [1.807, 2.05) is 0 Å². The average Bonchev–Trinajstić information content (AvgIpc) is 3.62. The summed E-state index contributed by atoms with van der Waals surface area (Å²) in [5.74, 6) is -1.30. The highest BCUT2D eigenvalue weighted by atomic mass is 19.1. The average molecular weight is 539 g/mol. The van der Waals surface area contributed by atoms with Crippen LogP contribution in [0.2, 0.25) is 0 Å². The number of carbonyl (C=O) groups is 3. The van der Waals surface area contributed by atoms with Crippen molar-refractivity contribution >= 4 is 17.8 Å². The number of esters is 1. The van der Waals surface area contributed by atoms with Crippen molar-refractivity contribution < 1.29 is 28.2 Å². The highest BCUT2D eigenvalue weighted by Crippen LogP contribution is 2.25. The lowest BCUT2D eigenvalue weighted by Gasteiger charge is -2.31. The monoisotopic (exact) mass is 538 g/mol. The van der Waals surface area contributed by atoms with E-state index in [0.717, 1.165) is 35.4 Å². The van der Waals surface area contributed by atoms with Crippen molar-refractivity contribution in [2.75, 3.05) is 20.3 Å². The van der Waals surface area contributed by atoms with Gasteiger partial charge in [0.15, 0.2) is 0 Å². The summed E-state index contributed by atoms with van der Waals surface area (Å²) in [7, 11) is 1.56. The predicted molar refractivity (Wildman–Crippen MR) is 138 cm³/mol. The number of rotatable bonds is 11. The van der Waals surface area contributed by atoms with E-state index >= 15 is 0 Å². The molecule has 1 fully saturated rings. The summed E-state index contributed by atoms with van der Waals surface area (Å²) in [6, 6.07) is 11.0. The van der Waals surface area contributed by atoms with Crippen molar-refractivity contribution in [3.05, 3.63) is 59.9 Å². The zero-order chi connectivity index (χ0) is 27.8. The lowest BCUT2D eigenvalue weighted by atomic mass is 10.0. The maximum absolute atomic E-state index is 13.7. The van der Waals surface area contributed by atoms with Gasteiger partial charge in [0.2, 0.25) is 17.6 Å². The summed E-state index contributed by atoms with van der Waals surface area (Å²) in [4.78, 5) is 41.9. The number of aromatic nitrogens is 4. The Hall–Kier alpha value is -4.35. The molecule has 39 heavy (non-hydrogen) atoms. The number of ether oxygens (including phenoxy) is 2. The van der Waals surface area contributed by atoms with E-state index in [0.29, 0.717) is 16.9 Å². The van der Waals surface area contributed by atoms with Crippen LogP contribution in [0.25, 0.3) is 11.4 Å². The van der Waals surface area contributed by atoms with E-state index in [4.69, 9.17) is 9.47 Å². The van der Waals surface area contributed by atoms with Gasteiger partial charge in [-0.15, -0.1) is 10.2 Å². The van der Waals surface area contributed by atoms with E-state index < -0.39 is 42.7 Å². The number of halogens is 1. The Morgan fingerprint density at radius 1 is 1.10 bits per heavy atom. The molecule has 0 unspecified atom stereocenters. The van der Waals surface area contributed by atoms with Crippen molar-refractivity contribution in [1.29, 1.82) is 0 Å². The quantitative estimate of drug-likeness (QED) is 0.369. The van der Waals surface area contributed by atoms with E-state index in [-0.39, 0.29) is 18.5 Å². The number of tetrazole rings is 1. The Bertz CT molecular complexity index is 1270. The van der Waals surface area contributed by atoms with E-state index in [9.17, 15) is 18.8 Å². The molecule has 2 aromatic carbocycles. The first-order chi connectivity index (χ1) is 18.9. The van der Waals surface area contributed by atoms with Crippen LogP contribution in [-0.2, 0) is 25.7 Å². The molecular formula is C27H31FN6O5. The van der Waals surface area contributed by atoms with Crippen LogP contribution in [0.1, 0.15) is 44.2 Å². The van der Waals surface area contributed by atoms with Crippen molar-refractivity contribution in [2.45, 2.75) is 51.2 Å².